The van der Waals surface area contributed by atoms with Crippen LogP contribution in [-0.2, 0) is 9.53 Å². The first kappa shape index (κ1) is 11.7. The molecule has 0 aromatic heterocycles. The van der Waals surface area contributed by atoms with Gasteiger partial charge in [-0.1, -0.05) is 24.8 Å². The molecular weight excluding hydrogens is 216 g/mol. The number of hydrogen-bond acceptors (Lipinski definition) is 3. The standard InChI is InChI=1S/C14H16O3/c1-10(2)14(15)17-13-9-8-12(13)16-11-6-4-3-5-7-11/h3-7,12-13H,1,8-9H2,2H3. The summed E-state index contributed by atoms with van der Waals surface area (Å²) in [4.78, 5) is 11.4. The largest absolute Gasteiger partial charge is 0.487 e. The summed E-state index contributed by atoms with van der Waals surface area (Å²) in [5.74, 6) is 0.477. The number of para-hydroxylation sites is 1. The zero-order valence-corrected chi connectivity index (χ0v) is 9.89. The summed E-state index contributed by atoms with van der Waals surface area (Å²) >= 11 is 0. The van der Waals surface area contributed by atoms with Crippen molar-refractivity contribution in [1.29, 1.82) is 0 Å². The highest BCUT2D eigenvalue weighted by atomic mass is 16.6. The lowest BCUT2D eigenvalue weighted by Crippen LogP contribution is -2.44. The van der Waals surface area contributed by atoms with Crippen LogP contribution in [0.1, 0.15) is 19.8 Å². The van der Waals surface area contributed by atoms with E-state index in [1.807, 2.05) is 30.3 Å². The molecule has 0 bridgehead atoms. The Labute approximate surface area is 101 Å². The molecule has 90 valence electrons. The summed E-state index contributed by atoms with van der Waals surface area (Å²) in [5.41, 5.74) is 0.426. The molecule has 1 saturated carbocycles. The smallest absolute Gasteiger partial charge is 0.333 e. The SMILES string of the molecule is C=C(C)C(=O)OC1CCC1Oc1ccccc1. The number of rotatable bonds is 4. The minimum atomic E-state index is -0.337. The summed E-state index contributed by atoms with van der Waals surface area (Å²) in [7, 11) is 0. The van der Waals surface area contributed by atoms with Gasteiger partial charge in [-0.05, 0) is 31.9 Å². The molecule has 1 fully saturated rings. The van der Waals surface area contributed by atoms with Crippen LogP contribution < -0.4 is 4.74 Å². The zero-order chi connectivity index (χ0) is 12.3. The van der Waals surface area contributed by atoms with Gasteiger partial charge in [-0.15, -0.1) is 0 Å². The van der Waals surface area contributed by atoms with Crippen molar-refractivity contribution < 1.29 is 14.3 Å². The Morgan fingerprint density at radius 2 is 1.88 bits per heavy atom. The molecule has 1 aliphatic rings. The minimum absolute atomic E-state index is 0.0271. The molecule has 0 N–H and O–H groups in total. The quantitative estimate of drug-likeness (QED) is 0.591. The van der Waals surface area contributed by atoms with Crippen molar-refractivity contribution in [1.82, 2.24) is 0 Å². The first-order chi connectivity index (χ1) is 8.16. The van der Waals surface area contributed by atoms with Gasteiger partial charge in [-0.2, -0.15) is 0 Å². The fourth-order valence-corrected chi connectivity index (χ4v) is 1.62. The summed E-state index contributed by atoms with van der Waals surface area (Å²) in [6.45, 7) is 5.21. The third-order valence-corrected chi connectivity index (χ3v) is 2.79. The van der Waals surface area contributed by atoms with E-state index in [0.717, 1.165) is 18.6 Å². The highest BCUT2D eigenvalue weighted by Gasteiger charge is 2.36. The van der Waals surface area contributed by atoms with Gasteiger partial charge >= 0.3 is 5.97 Å². The lowest BCUT2D eigenvalue weighted by Gasteiger charge is -2.35. The van der Waals surface area contributed by atoms with Gasteiger partial charge in [0.1, 0.15) is 18.0 Å². The van der Waals surface area contributed by atoms with E-state index < -0.39 is 0 Å². The van der Waals surface area contributed by atoms with E-state index in [0.29, 0.717) is 5.57 Å². The van der Waals surface area contributed by atoms with Gasteiger partial charge in [-0.25, -0.2) is 4.79 Å². The lowest BCUT2D eigenvalue weighted by atomic mass is 9.91. The van der Waals surface area contributed by atoms with Crippen LogP contribution in [0, 0.1) is 0 Å². The highest BCUT2D eigenvalue weighted by molar-refractivity contribution is 5.87. The Kier molecular flexibility index (Phi) is 3.47. The molecule has 2 unspecified atom stereocenters. The van der Waals surface area contributed by atoms with E-state index in [2.05, 4.69) is 6.58 Å². The maximum atomic E-state index is 11.4. The molecule has 2 atom stereocenters. The van der Waals surface area contributed by atoms with E-state index in [1.54, 1.807) is 6.92 Å². The number of esters is 1. The summed E-state index contributed by atoms with van der Waals surface area (Å²) < 4.78 is 11.0. The molecule has 1 aromatic rings. The van der Waals surface area contributed by atoms with E-state index in [1.165, 1.54) is 0 Å². The summed E-state index contributed by atoms with van der Waals surface area (Å²) in [6.07, 6.45) is 1.61. The third kappa shape index (κ3) is 2.87. The zero-order valence-electron chi connectivity index (χ0n) is 9.89. The molecule has 0 spiro atoms. The normalized spacial score (nSPS) is 22.4. The fraction of sp³-hybridized carbons (Fsp3) is 0.357. The third-order valence-electron chi connectivity index (χ3n) is 2.79. The van der Waals surface area contributed by atoms with Crippen molar-refractivity contribution >= 4 is 5.97 Å². The van der Waals surface area contributed by atoms with Gasteiger partial charge in [0.2, 0.25) is 0 Å². The average Bonchev–Trinajstić information content (AvgIpc) is 2.32. The second kappa shape index (κ2) is 5.04. The van der Waals surface area contributed by atoms with Crippen LogP contribution in [0.3, 0.4) is 0 Å². The lowest BCUT2D eigenvalue weighted by molar-refractivity contribution is -0.157. The van der Waals surface area contributed by atoms with E-state index in [-0.39, 0.29) is 18.2 Å². The van der Waals surface area contributed by atoms with Crippen molar-refractivity contribution in [3.63, 3.8) is 0 Å². The topological polar surface area (TPSA) is 35.5 Å². The van der Waals surface area contributed by atoms with Gasteiger partial charge in [0.15, 0.2) is 0 Å². The number of hydrogen-bond donors (Lipinski definition) is 0. The number of ether oxygens (including phenoxy) is 2. The fourth-order valence-electron chi connectivity index (χ4n) is 1.62. The molecule has 0 saturated heterocycles. The molecular formula is C14H16O3. The van der Waals surface area contributed by atoms with E-state index in [4.69, 9.17) is 9.47 Å². The first-order valence-corrected chi connectivity index (χ1v) is 5.75. The Hall–Kier alpha value is -1.77. The summed E-state index contributed by atoms with van der Waals surface area (Å²) in [5, 5.41) is 0. The minimum Gasteiger partial charge on any atom is -0.487 e. The van der Waals surface area contributed by atoms with Crippen molar-refractivity contribution in [2.75, 3.05) is 0 Å². The highest BCUT2D eigenvalue weighted by Crippen LogP contribution is 2.28. The van der Waals surface area contributed by atoms with Crippen LogP contribution >= 0.6 is 0 Å². The molecule has 17 heavy (non-hydrogen) atoms. The van der Waals surface area contributed by atoms with Gasteiger partial charge in [0.05, 0.1) is 0 Å². The number of carbonyl (C=O) groups excluding carboxylic acids is 1. The summed E-state index contributed by atoms with van der Waals surface area (Å²) in [6, 6.07) is 9.57. The second-order valence-electron chi connectivity index (χ2n) is 4.27. The van der Waals surface area contributed by atoms with Crippen LogP contribution in [0.15, 0.2) is 42.5 Å². The molecule has 1 aliphatic carbocycles. The molecule has 3 nitrogen and oxygen atoms in total. The van der Waals surface area contributed by atoms with Crippen LogP contribution in [0.4, 0.5) is 0 Å². The Bertz CT molecular complexity index is 411. The molecule has 1 aromatic carbocycles. The van der Waals surface area contributed by atoms with E-state index >= 15 is 0 Å². The predicted octanol–water partition coefficient (Wildman–Crippen LogP) is 2.72. The van der Waals surface area contributed by atoms with Crippen molar-refractivity contribution in [3.05, 3.63) is 42.5 Å². The van der Waals surface area contributed by atoms with Gasteiger partial charge in [0, 0.05) is 5.57 Å². The Morgan fingerprint density at radius 1 is 1.24 bits per heavy atom. The molecule has 3 heteroatoms. The van der Waals surface area contributed by atoms with Crippen LogP contribution in [0.25, 0.3) is 0 Å². The Morgan fingerprint density at radius 3 is 2.41 bits per heavy atom. The molecule has 0 amide bonds. The molecule has 0 radical (unpaired) electrons. The monoisotopic (exact) mass is 232 g/mol. The predicted molar refractivity (Wildman–Crippen MR) is 64.8 cm³/mol. The van der Waals surface area contributed by atoms with Crippen molar-refractivity contribution in [2.24, 2.45) is 0 Å². The first-order valence-electron chi connectivity index (χ1n) is 5.75. The average molecular weight is 232 g/mol. The van der Waals surface area contributed by atoms with Crippen LogP contribution in [0.2, 0.25) is 0 Å². The molecule has 0 aliphatic heterocycles. The van der Waals surface area contributed by atoms with Gasteiger partial charge in [-0.3, -0.25) is 0 Å². The van der Waals surface area contributed by atoms with Crippen LogP contribution in [0.5, 0.6) is 5.75 Å². The van der Waals surface area contributed by atoms with Crippen molar-refractivity contribution in [3.8, 4) is 5.75 Å². The van der Waals surface area contributed by atoms with Gasteiger partial charge < -0.3 is 9.47 Å². The second-order valence-corrected chi connectivity index (χ2v) is 4.27. The van der Waals surface area contributed by atoms with E-state index in [9.17, 15) is 4.79 Å². The maximum absolute atomic E-state index is 11.4. The molecule has 2 rings (SSSR count). The van der Waals surface area contributed by atoms with Crippen molar-refractivity contribution in [2.45, 2.75) is 32.0 Å². The maximum Gasteiger partial charge on any atom is 0.333 e. The Balaban J connectivity index is 1.87. The number of benzene rings is 1. The van der Waals surface area contributed by atoms with Crippen LogP contribution in [-0.4, -0.2) is 18.2 Å². The van der Waals surface area contributed by atoms with Gasteiger partial charge in [0.25, 0.3) is 0 Å². The number of carbonyl (C=O) groups is 1. The molecule has 0 heterocycles.